The molecule has 3 aliphatic rings. The molecule has 15 heavy (non-hydrogen) atoms. The maximum Gasteiger partial charge on any atom is 0.0244 e. The third kappa shape index (κ3) is 1.83. The summed E-state index contributed by atoms with van der Waals surface area (Å²) in [5, 5.41) is 0. The summed E-state index contributed by atoms with van der Waals surface area (Å²) in [6.45, 7) is 11.1. The van der Waals surface area contributed by atoms with Gasteiger partial charge in [0.1, 0.15) is 0 Å². The predicted octanol–water partition coefficient (Wildman–Crippen LogP) is 1.95. The Morgan fingerprint density at radius 3 is 2.27 bits per heavy atom. The van der Waals surface area contributed by atoms with Crippen LogP contribution >= 0.6 is 0 Å². The fourth-order valence-corrected chi connectivity index (χ4v) is 3.43. The molecule has 2 atom stereocenters. The SMILES string of the molecule is CC(C)(C)N1C[C@H]2C[C@@H]1CN2CC1CC1. The van der Waals surface area contributed by atoms with Gasteiger partial charge in [-0.3, -0.25) is 9.80 Å². The molecule has 0 N–H and O–H groups in total. The highest BCUT2D eigenvalue weighted by molar-refractivity contribution is 5.03. The van der Waals surface area contributed by atoms with Gasteiger partial charge in [0.15, 0.2) is 0 Å². The summed E-state index contributed by atoms with van der Waals surface area (Å²) in [6.07, 6.45) is 4.43. The van der Waals surface area contributed by atoms with E-state index in [0.29, 0.717) is 5.54 Å². The van der Waals surface area contributed by atoms with Crippen LogP contribution in [0.3, 0.4) is 0 Å². The molecule has 1 saturated carbocycles. The molecule has 0 aromatic heterocycles. The molecule has 2 aliphatic heterocycles. The molecule has 0 amide bonds. The van der Waals surface area contributed by atoms with Crippen LogP contribution in [-0.4, -0.2) is 47.1 Å². The zero-order valence-electron chi connectivity index (χ0n) is 10.4. The maximum atomic E-state index is 2.77. The van der Waals surface area contributed by atoms with E-state index in [1.165, 1.54) is 38.9 Å². The van der Waals surface area contributed by atoms with Crippen molar-refractivity contribution in [3.63, 3.8) is 0 Å². The summed E-state index contributed by atoms with van der Waals surface area (Å²) in [6, 6.07) is 1.74. The molecule has 3 fully saturated rings. The average molecular weight is 208 g/mol. The van der Waals surface area contributed by atoms with Crippen LogP contribution in [0.4, 0.5) is 0 Å². The van der Waals surface area contributed by atoms with Crippen molar-refractivity contribution >= 4 is 0 Å². The Balaban J connectivity index is 1.61. The van der Waals surface area contributed by atoms with Crippen molar-refractivity contribution in [2.45, 2.75) is 57.7 Å². The summed E-state index contributed by atoms with van der Waals surface area (Å²) >= 11 is 0. The van der Waals surface area contributed by atoms with Crippen LogP contribution < -0.4 is 0 Å². The number of rotatable bonds is 2. The Hall–Kier alpha value is -0.0800. The van der Waals surface area contributed by atoms with Gasteiger partial charge in [-0.2, -0.15) is 0 Å². The molecule has 86 valence electrons. The van der Waals surface area contributed by atoms with Gasteiger partial charge in [0.2, 0.25) is 0 Å². The van der Waals surface area contributed by atoms with E-state index in [1.54, 1.807) is 0 Å². The largest absolute Gasteiger partial charge is 0.297 e. The summed E-state index contributed by atoms with van der Waals surface area (Å²) in [5.41, 5.74) is 0.380. The second-order valence-electron chi connectivity index (χ2n) is 6.76. The maximum absolute atomic E-state index is 2.77. The van der Waals surface area contributed by atoms with Gasteiger partial charge >= 0.3 is 0 Å². The van der Waals surface area contributed by atoms with E-state index in [0.717, 1.165) is 18.0 Å². The first-order valence-corrected chi connectivity index (χ1v) is 6.55. The number of nitrogens with zero attached hydrogens (tertiary/aromatic N) is 2. The first-order chi connectivity index (χ1) is 7.04. The van der Waals surface area contributed by atoms with Gasteiger partial charge in [0, 0.05) is 37.3 Å². The molecule has 0 aromatic carbocycles. The quantitative estimate of drug-likeness (QED) is 0.684. The van der Waals surface area contributed by atoms with Crippen LogP contribution in [0, 0.1) is 5.92 Å². The molecule has 2 nitrogen and oxygen atoms in total. The normalized spacial score (nSPS) is 37.8. The minimum Gasteiger partial charge on any atom is -0.297 e. The van der Waals surface area contributed by atoms with Crippen molar-refractivity contribution in [1.29, 1.82) is 0 Å². The Bertz CT molecular complexity index is 252. The van der Waals surface area contributed by atoms with Gasteiger partial charge < -0.3 is 0 Å². The molecule has 0 aromatic rings. The van der Waals surface area contributed by atoms with E-state index in [4.69, 9.17) is 0 Å². The van der Waals surface area contributed by atoms with Crippen LogP contribution in [0.15, 0.2) is 0 Å². The van der Waals surface area contributed by atoms with Crippen LogP contribution in [0.25, 0.3) is 0 Å². The van der Waals surface area contributed by atoms with Crippen molar-refractivity contribution < 1.29 is 0 Å². The average Bonchev–Trinajstić information content (AvgIpc) is 2.73. The van der Waals surface area contributed by atoms with Crippen molar-refractivity contribution in [3.05, 3.63) is 0 Å². The predicted molar refractivity (Wildman–Crippen MR) is 62.9 cm³/mol. The Labute approximate surface area is 93.6 Å². The van der Waals surface area contributed by atoms with Gasteiger partial charge in [-0.05, 0) is 46.0 Å². The fourth-order valence-electron chi connectivity index (χ4n) is 3.43. The lowest BCUT2D eigenvalue weighted by Crippen LogP contribution is -2.53. The van der Waals surface area contributed by atoms with Crippen LogP contribution in [0.1, 0.15) is 40.0 Å². The number of hydrogen-bond donors (Lipinski definition) is 0. The van der Waals surface area contributed by atoms with E-state index >= 15 is 0 Å². The van der Waals surface area contributed by atoms with Crippen LogP contribution in [0.5, 0.6) is 0 Å². The molecular weight excluding hydrogens is 184 g/mol. The van der Waals surface area contributed by atoms with Gasteiger partial charge in [-0.25, -0.2) is 0 Å². The first kappa shape index (κ1) is 10.1. The first-order valence-electron chi connectivity index (χ1n) is 6.55. The molecule has 1 aliphatic carbocycles. The van der Waals surface area contributed by atoms with Crippen LogP contribution in [-0.2, 0) is 0 Å². The zero-order valence-corrected chi connectivity index (χ0v) is 10.4. The van der Waals surface area contributed by atoms with Gasteiger partial charge in [0.25, 0.3) is 0 Å². The number of piperazine rings is 1. The fraction of sp³-hybridized carbons (Fsp3) is 1.00. The summed E-state index contributed by atoms with van der Waals surface area (Å²) in [5.74, 6) is 1.06. The molecule has 0 spiro atoms. The Kier molecular flexibility index (Phi) is 2.16. The lowest BCUT2D eigenvalue weighted by atomic mass is 10.0. The number of hydrogen-bond acceptors (Lipinski definition) is 2. The third-order valence-electron chi connectivity index (χ3n) is 4.41. The Morgan fingerprint density at radius 1 is 1.07 bits per heavy atom. The van der Waals surface area contributed by atoms with E-state index in [2.05, 4.69) is 30.6 Å². The zero-order chi connectivity index (χ0) is 10.6. The van der Waals surface area contributed by atoms with Crippen molar-refractivity contribution in [3.8, 4) is 0 Å². The minimum absolute atomic E-state index is 0.380. The number of likely N-dealkylation sites (tertiary alicyclic amines) is 2. The van der Waals surface area contributed by atoms with E-state index in [-0.39, 0.29) is 0 Å². The molecule has 0 radical (unpaired) electrons. The second kappa shape index (κ2) is 3.21. The highest BCUT2D eigenvalue weighted by atomic mass is 15.4. The summed E-state index contributed by atoms with van der Waals surface area (Å²) in [4.78, 5) is 5.49. The molecular formula is C13H24N2. The van der Waals surface area contributed by atoms with Crippen molar-refractivity contribution in [2.75, 3.05) is 19.6 Å². The lowest BCUT2D eigenvalue weighted by molar-refractivity contribution is 0.0557. The molecule has 0 unspecified atom stereocenters. The summed E-state index contributed by atoms with van der Waals surface area (Å²) in [7, 11) is 0. The van der Waals surface area contributed by atoms with Gasteiger partial charge in [-0.1, -0.05) is 0 Å². The molecule has 2 saturated heterocycles. The van der Waals surface area contributed by atoms with Crippen molar-refractivity contribution in [1.82, 2.24) is 9.80 Å². The number of fused-ring (bicyclic) bond motifs is 2. The van der Waals surface area contributed by atoms with Gasteiger partial charge in [0.05, 0.1) is 0 Å². The van der Waals surface area contributed by atoms with Crippen molar-refractivity contribution in [2.24, 2.45) is 5.92 Å². The standard InChI is InChI=1S/C13H24N2/c1-13(2,3)15-9-11-6-12(15)8-14(11)7-10-4-5-10/h10-12H,4-9H2,1-3H3/t11-,12-/m1/s1. The molecule has 2 heterocycles. The van der Waals surface area contributed by atoms with E-state index < -0.39 is 0 Å². The monoisotopic (exact) mass is 208 g/mol. The highest BCUT2D eigenvalue weighted by Gasteiger charge is 2.47. The topological polar surface area (TPSA) is 6.48 Å². The van der Waals surface area contributed by atoms with Gasteiger partial charge in [-0.15, -0.1) is 0 Å². The third-order valence-corrected chi connectivity index (χ3v) is 4.41. The van der Waals surface area contributed by atoms with E-state index in [9.17, 15) is 0 Å². The second-order valence-corrected chi connectivity index (χ2v) is 6.76. The highest BCUT2D eigenvalue weighted by Crippen LogP contribution is 2.38. The smallest absolute Gasteiger partial charge is 0.0244 e. The molecule has 3 rings (SSSR count). The Morgan fingerprint density at radius 2 is 1.80 bits per heavy atom. The summed E-state index contributed by atoms with van der Waals surface area (Å²) < 4.78 is 0. The molecule has 2 heteroatoms. The lowest BCUT2D eigenvalue weighted by Gasteiger charge is -2.42. The van der Waals surface area contributed by atoms with E-state index in [1.807, 2.05) is 0 Å². The minimum atomic E-state index is 0.380. The van der Waals surface area contributed by atoms with Crippen LogP contribution in [0.2, 0.25) is 0 Å². The molecule has 2 bridgehead atoms.